The second kappa shape index (κ2) is 8.04. The molecule has 29 heavy (non-hydrogen) atoms. The molecule has 5 nitrogen and oxygen atoms in total. The largest absolute Gasteiger partial charge is 0.337 e. The molecule has 0 bridgehead atoms. The lowest BCUT2D eigenvalue weighted by atomic mass is 10.2. The van der Waals surface area contributed by atoms with Crippen molar-refractivity contribution in [2.45, 2.75) is 13.0 Å². The van der Waals surface area contributed by atoms with Gasteiger partial charge in [0, 0.05) is 37.1 Å². The van der Waals surface area contributed by atoms with Gasteiger partial charge in [-0.25, -0.2) is 23.1 Å². The fourth-order valence-electron chi connectivity index (χ4n) is 2.95. The first-order chi connectivity index (χ1) is 14.0. The third kappa shape index (κ3) is 4.14. The molecular weight excluding hydrogens is 401 g/mol. The number of rotatable bonds is 6. The molecule has 0 aliphatic heterocycles. The zero-order valence-corrected chi connectivity index (χ0v) is 15.9. The molecular formula is C20H15F3N4OS. The Hall–Kier alpha value is -3.20. The van der Waals surface area contributed by atoms with Gasteiger partial charge in [-0.05, 0) is 30.7 Å². The van der Waals surface area contributed by atoms with E-state index in [4.69, 9.17) is 0 Å². The summed E-state index contributed by atoms with van der Waals surface area (Å²) in [4.78, 5) is 22.6. The van der Waals surface area contributed by atoms with Crippen LogP contribution in [0.25, 0.3) is 10.2 Å². The van der Waals surface area contributed by atoms with E-state index >= 15 is 0 Å². The van der Waals surface area contributed by atoms with Crippen molar-refractivity contribution in [3.05, 3.63) is 78.1 Å². The number of aryl methyl sites for hydroxylation is 1. The maximum atomic E-state index is 14.1. The minimum atomic E-state index is -0.793. The molecule has 9 heteroatoms. The highest BCUT2D eigenvalue weighted by Gasteiger charge is 2.22. The van der Waals surface area contributed by atoms with Gasteiger partial charge < -0.3 is 4.57 Å². The van der Waals surface area contributed by atoms with Gasteiger partial charge in [0.2, 0.25) is 0 Å². The Morgan fingerprint density at radius 1 is 1.14 bits per heavy atom. The van der Waals surface area contributed by atoms with Crippen LogP contribution in [-0.4, -0.2) is 27.0 Å². The molecule has 0 fully saturated rings. The molecule has 0 aliphatic rings. The second-order valence-electron chi connectivity index (χ2n) is 6.35. The summed E-state index contributed by atoms with van der Waals surface area (Å²) in [5.41, 5.74) is 0.150. The summed E-state index contributed by atoms with van der Waals surface area (Å²) in [5.74, 6) is -2.51. The summed E-state index contributed by atoms with van der Waals surface area (Å²) >= 11 is 1.01. The topological polar surface area (TPSA) is 51.0 Å². The van der Waals surface area contributed by atoms with E-state index in [1.165, 1.54) is 29.2 Å². The monoisotopic (exact) mass is 416 g/mol. The normalized spacial score (nSPS) is 11.1. The van der Waals surface area contributed by atoms with Crippen LogP contribution in [0, 0.1) is 17.5 Å². The van der Waals surface area contributed by atoms with Crippen molar-refractivity contribution < 1.29 is 18.0 Å². The Morgan fingerprint density at radius 2 is 2.00 bits per heavy atom. The van der Waals surface area contributed by atoms with Crippen molar-refractivity contribution in [3.63, 3.8) is 0 Å². The SMILES string of the molecule is O=C(c1cccc(F)c1)N(CCCn1ccnc1)c1nc2c(F)cc(F)cc2s1. The lowest BCUT2D eigenvalue weighted by molar-refractivity contribution is 0.0986. The number of thiazole rings is 1. The lowest BCUT2D eigenvalue weighted by Gasteiger charge is -2.20. The van der Waals surface area contributed by atoms with Gasteiger partial charge in [-0.2, -0.15) is 0 Å². The predicted molar refractivity (Wildman–Crippen MR) is 104 cm³/mol. The molecule has 2 aromatic heterocycles. The van der Waals surface area contributed by atoms with Crippen LogP contribution in [-0.2, 0) is 6.54 Å². The first-order valence-electron chi connectivity index (χ1n) is 8.80. The van der Waals surface area contributed by atoms with E-state index in [2.05, 4.69) is 9.97 Å². The number of amides is 1. The summed E-state index contributed by atoms with van der Waals surface area (Å²) in [7, 11) is 0. The number of carbonyl (C=O) groups excluding carboxylic acids is 1. The molecule has 1 amide bonds. The minimum absolute atomic E-state index is 0.00180. The number of anilines is 1. The maximum absolute atomic E-state index is 14.1. The van der Waals surface area contributed by atoms with Crippen molar-refractivity contribution in [3.8, 4) is 0 Å². The standard InChI is InChI=1S/C20H15F3N4OS/c21-14-4-1-3-13(9-14)19(28)27(7-2-6-26-8-5-24-12-26)20-25-18-16(23)10-15(22)11-17(18)29-20/h1,3-5,8-12H,2,6-7H2. The van der Waals surface area contributed by atoms with E-state index < -0.39 is 23.4 Å². The Morgan fingerprint density at radius 3 is 2.76 bits per heavy atom. The van der Waals surface area contributed by atoms with Crippen LogP contribution in [0.15, 0.2) is 55.1 Å². The van der Waals surface area contributed by atoms with E-state index in [0.717, 1.165) is 23.5 Å². The molecule has 0 radical (unpaired) electrons. The van der Waals surface area contributed by atoms with Crippen LogP contribution in [0.4, 0.5) is 18.3 Å². The fraction of sp³-hybridized carbons (Fsp3) is 0.150. The average molecular weight is 416 g/mol. The number of imidazole rings is 1. The summed E-state index contributed by atoms with van der Waals surface area (Å²) in [6.45, 7) is 0.859. The molecule has 4 aromatic rings. The second-order valence-corrected chi connectivity index (χ2v) is 7.36. The molecule has 0 spiro atoms. The van der Waals surface area contributed by atoms with Crippen LogP contribution in [0.3, 0.4) is 0 Å². The van der Waals surface area contributed by atoms with E-state index in [1.807, 2.05) is 4.57 Å². The number of fused-ring (bicyclic) bond motifs is 1. The van der Waals surface area contributed by atoms with Crippen LogP contribution in [0.2, 0.25) is 0 Å². The lowest BCUT2D eigenvalue weighted by Crippen LogP contribution is -2.32. The predicted octanol–water partition coefficient (Wildman–Crippen LogP) is 4.65. The van der Waals surface area contributed by atoms with Gasteiger partial charge in [0.1, 0.15) is 17.2 Å². The van der Waals surface area contributed by atoms with E-state index in [9.17, 15) is 18.0 Å². The molecule has 0 saturated heterocycles. The number of nitrogens with zero attached hydrogens (tertiary/aromatic N) is 4. The minimum Gasteiger partial charge on any atom is -0.337 e. The smallest absolute Gasteiger partial charge is 0.260 e. The van der Waals surface area contributed by atoms with Crippen LogP contribution >= 0.6 is 11.3 Å². The van der Waals surface area contributed by atoms with Gasteiger partial charge in [0.15, 0.2) is 10.9 Å². The first-order valence-corrected chi connectivity index (χ1v) is 9.61. The Balaban J connectivity index is 1.67. The first kappa shape index (κ1) is 19.1. The third-order valence-corrected chi connectivity index (χ3v) is 5.33. The van der Waals surface area contributed by atoms with Gasteiger partial charge in [-0.15, -0.1) is 0 Å². The quantitative estimate of drug-likeness (QED) is 0.460. The van der Waals surface area contributed by atoms with Crippen molar-refractivity contribution in [1.82, 2.24) is 14.5 Å². The van der Waals surface area contributed by atoms with Gasteiger partial charge in [-0.1, -0.05) is 17.4 Å². The van der Waals surface area contributed by atoms with Crippen LogP contribution < -0.4 is 4.90 Å². The summed E-state index contributed by atoms with van der Waals surface area (Å²) in [6, 6.07) is 7.26. The van der Waals surface area contributed by atoms with Crippen LogP contribution in [0.1, 0.15) is 16.8 Å². The molecule has 0 N–H and O–H groups in total. The third-order valence-electron chi connectivity index (χ3n) is 4.31. The Bertz CT molecular complexity index is 1160. The summed E-state index contributed by atoms with van der Waals surface area (Å²) in [6.07, 6.45) is 5.67. The molecule has 148 valence electrons. The fourth-order valence-corrected chi connectivity index (χ4v) is 3.98. The Kier molecular flexibility index (Phi) is 5.30. The summed E-state index contributed by atoms with van der Waals surface area (Å²) in [5, 5.41) is 0.226. The van der Waals surface area contributed by atoms with E-state index in [1.54, 1.807) is 18.7 Å². The maximum Gasteiger partial charge on any atom is 0.260 e. The number of hydrogen-bond acceptors (Lipinski definition) is 4. The van der Waals surface area contributed by atoms with Gasteiger partial charge in [0.05, 0.1) is 11.0 Å². The number of carbonyl (C=O) groups is 1. The molecule has 2 aromatic carbocycles. The molecule has 4 rings (SSSR count). The zero-order valence-electron chi connectivity index (χ0n) is 15.1. The molecule has 0 unspecified atom stereocenters. The highest BCUT2D eigenvalue weighted by Crippen LogP contribution is 2.32. The van der Waals surface area contributed by atoms with Gasteiger partial charge in [0.25, 0.3) is 5.91 Å². The molecule has 0 atom stereocenters. The van der Waals surface area contributed by atoms with Crippen molar-refractivity contribution >= 4 is 32.6 Å². The highest BCUT2D eigenvalue weighted by atomic mass is 32.1. The van der Waals surface area contributed by atoms with E-state index in [-0.39, 0.29) is 22.8 Å². The van der Waals surface area contributed by atoms with Crippen molar-refractivity contribution in [2.24, 2.45) is 0 Å². The van der Waals surface area contributed by atoms with Crippen LogP contribution in [0.5, 0.6) is 0 Å². The number of benzene rings is 2. The average Bonchev–Trinajstić information content (AvgIpc) is 3.34. The molecule has 0 saturated carbocycles. The van der Waals surface area contributed by atoms with Gasteiger partial charge >= 0.3 is 0 Å². The highest BCUT2D eigenvalue weighted by molar-refractivity contribution is 7.22. The summed E-state index contributed by atoms with van der Waals surface area (Å²) < 4.78 is 43.4. The molecule has 2 heterocycles. The molecule has 0 aliphatic carbocycles. The Labute approximate surface area is 168 Å². The van der Waals surface area contributed by atoms with Crippen molar-refractivity contribution in [2.75, 3.05) is 11.4 Å². The number of aromatic nitrogens is 3. The number of hydrogen-bond donors (Lipinski definition) is 0. The zero-order chi connectivity index (χ0) is 20.4. The van der Waals surface area contributed by atoms with E-state index in [0.29, 0.717) is 17.7 Å². The number of halogens is 3. The van der Waals surface area contributed by atoms with Gasteiger partial charge in [-0.3, -0.25) is 9.69 Å². The van der Waals surface area contributed by atoms with Crippen molar-refractivity contribution in [1.29, 1.82) is 0 Å².